The average Bonchev–Trinajstić information content (AvgIpc) is 2.96. The van der Waals surface area contributed by atoms with Gasteiger partial charge in [-0.05, 0) is 46.0 Å². The lowest BCUT2D eigenvalue weighted by molar-refractivity contribution is -0.117. The summed E-state index contributed by atoms with van der Waals surface area (Å²) in [6.45, 7) is 8.42. The molecule has 2 aromatic rings. The van der Waals surface area contributed by atoms with Crippen molar-refractivity contribution in [2.75, 3.05) is 23.9 Å². The first-order valence-corrected chi connectivity index (χ1v) is 9.58. The number of hydrogen-bond donors (Lipinski definition) is 3. The molecule has 162 valence electrons. The lowest BCUT2D eigenvalue weighted by atomic mass is 10.2. The topological polar surface area (TPSA) is 126 Å². The number of fused-ring (bicyclic) bond motifs is 1. The van der Waals surface area contributed by atoms with Crippen molar-refractivity contribution >= 4 is 57.8 Å². The number of thiocarbonyl (C=S) groups is 1. The number of ether oxygens (including phenoxy) is 2. The largest absolute Gasteiger partial charge is 0.462 e. The van der Waals surface area contributed by atoms with Crippen LogP contribution in [-0.4, -0.2) is 52.3 Å². The second kappa shape index (κ2) is 9.08. The summed E-state index contributed by atoms with van der Waals surface area (Å²) in [5, 5.41) is 5.66. The van der Waals surface area contributed by atoms with E-state index in [1.54, 1.807) is 33.8 Å². The van der Waals surface area contributed by atoms with Gasteiger partial charge >= 0.3 is 12.1 Å². The number of carbonyl (C=O) groups excluding carboxylic acids is 3. The Labute approximate surface area is 179 Å². The van der Waals surface area contributed by atoms with Crippen molar-refractivity contribution in [1.29, 1.82) is 0 Å². The Kier molecular flexibility index (Phi) is 6.98. The van der Waals surface area contributed by atoms with Gasteiger partial charge in [0.1, 0.15) is 17.0 Å². The van der Waals surface area contributed by atoms with Gasteiger partial charge in [-0.1, -0.05) is 0 Å². The third-order valence-electron chi connectivity index (χ3n) is 3.69. The van der Waals surface area contributed by atoms with Crippen LogP contribution in [-0.2, 0) is 14.3 Å². The Morgan fingerprint density at radius 1 is 1.30 bits per heavy atom. The van der Waals surface area contributed by atoms with Gasteiger partial charge in [0, 0.05) is 25.6 Å². The minimum atomic E-state index is -0.692. The van der Waals surface area contributed by atoms with E-state index in [9.17, 15) is 14.4 Å². The van der Waals surface area contributed by atoms with Crippen LogP contribution in [0.1, 0.15) is 45.0 Å². The molecule has 0 saturated heterocycles. The number of hydrogen-bond acceptors (Lipinski definition) is 7. The van der Waals surface area contributed by atoms with Crippen molar-refractivity contribution < 1.29 is 23.9 Å². The van der Waals surface area contributed by atoms with Crippen LogP contribution in [0.3, 0.4) is 0 Å². The number of anilines is 2. The van der Waals surface area contributed by atoms with E-state index < -0.39 is 17.7 Å². The van der Waals surface area contributed by atoms with E-state index in [-0.39, 0.29) is 34.8 Å². The summed E-state index contributed by atoms with van der Waals surface area (Å²) in [6, 6.07) is 1.61. The van der Waals surface area contributed by atoms with Crippen molar-refractivity contribution in [1.82, 2.24) is 15.3 Å². The normalized spacial score (nSPS) is 11.0. The molecular weight excluding hydrogens is 410 g/mol. The fourth-order valence-corrected chi connectivity index (χ4v) is 2.84. The molecule has 0 fully saturated rings. The molecule has 0 aliphatic carbocycles. The monoisotopic (exact) mass is 435 g/mol. The van der Waals surface area contributed by atoms with Crippen LogP contribution in [0.4, 0.5) is 16.4 Å². The third-order valence-corrected chi connectivity index (χ3v) is 3.90. The highest BCUT2D eigenvalue weighted by atomic mass is 32.1. The van der Waals surface area contributed by atoms with Crippen LogP contribution in [0, 0.1) is 0 Å². The first-order valence-electron chi connectivity index (χ1n) is 9.17. The minimum absolute atomic E-state index is 0.00499. The van der Waals surface area contributed by atoms with E-state index in [0.717, 1.165) is 0 Å². The first-order chi connectivity index (χ1) is 13.9. The van der Waals surface area contributed by atoms with Crippen molar-refractivity contribution in [2.24, 2.45) is 0 Å². The Hall–Kier alpha value is -3.21. The van der Waals surface area contributed by atoms with Crippen LogP contribution < -0.4 is 15.5 Å². The quantitative estimate of drug-likeness (QED) is 0.494. The molecule has 3 N–H and O–H groups in total. The molecule has 0 aliphatic heterocycles. The molecule has 2 amide bonds. The highest BCUT2D eigenvalue weighted by molar-refractivity contribution is 7.80. The molecule has 2 aromatic heterocycles. The van der Waals surface area contributed by atoms with Crippen LogP contribution in [0.5, 0.6) is 0 Å². The Morgan fingerprint density at radius 3 is 2.53 bits per heavy atom. The molecule has 0 saturated carbocycles. The number of nitrogens with one attached hydrogen (secondary N) is 3. The van der Waals surface area contributed by atoms with Gasteiger partial charge in [-0.2, -0.15) is 0 Å². The number of aromatic nitrogens is 2. The van der Waals surface area contributed by atoms with Gasteiger partial charge in [-0.25, -0.2) is 14.6 Å². The summed E-state index contributed by atoms with van der Waals surface area (Å²) in [6.07, 6.45) is 0.850. The van der Waals surface area contributed by atoms with Crippen molar-refractivity contribution in [2.45, 2.75) is 40.2 Å². The molecule has 0 aliphatic rings. The average molecular weight is 436 g/mol. The van der Waals surface area contributed by atoms with E-state index >= 15 is 0 Å². The molecule has 0 unspecified atom stereocenters. The molecular formula is C19H25N5O5S. The zero-order chi connectivity index (χ0) is 22.6. The number of nitrogens with zero attached hydrogens (tertiary/aromatic N) is 2. The fraction of sp³-hybridized carbons (Fsp3) is 0.421. The molecule has 0 aromatic carbocycles. The fourth-order valence-electron chi connectivity index (χ4n) is 2.59. The van der Waals surface area contributed by atoms with E-state index in [1.165, 1.54) is 25.1 Å². The number of carbonyl (C=O) groups is 3. The van der Waals surface area contributed by atoms with Gasteiger partial charge in [0.2, 0.25) is 5.91 Å². The van der Waals surface area contributed by atoms with E-state index in [1.807, 2.05) is 0 Å². The molecule has 0 spiro atoms. The van der Waals surface area contributed by atoms with Crippen LogP contribution in [0.15, 0.2) is 12.3 Å². The highest BCUT2D eigenvalue weighted by Gasteiger charge is 2.27. The summed E-state index contributed by atoms with van der Waals surface area (Å²) in [4.78, 5) is 44.9. The van der Waals surface area contributed by atoms with Crippen LogP contribution >= 0.6 is 12.2 Å². The SMILES string of the molecule is CCOC(=O)c1c(NC(=S)NC(C)=O)[nH]c2c(N(C)C(=O)OC(C)(C)C)nccc12. The van der Waals surface area contributed by atoms with Gasteiger partial charge in [0.25, 0.3) is 0 Å². The lowest BCUT2D eigenvalue weighted by Crippen LogP contribution is -2.34. The molecule has 10 nitrogen and oxygen atoms in total. The zero-order valence-electron chi connectivity index (χ0n) is 17.7. The minimum Gasteiger partial charge on any atom is -0.462 e. The first kappa shape index (κ1) is 23.1. The van der Waals surface area contributed by atoms with Crippen LogP contribution in [0.2, 0.25) is 0 Å². The number of pyridine rings is 1. The van der Waals surface area contributed by atoms with Crippen molar-refractivity contribution in [3.8, 4) is 0 Å². The van der Waals surface area contributed by atoms with Gasteiger partial charge in [-0.15, -0.1) is 0 Å². The van der Waals surface area contributed by atoms with Gasteiger partial charge in [-0.3, -0.25) is 9.69 Å². The highest BCUT2D eigenvalue weighted by Crippen LogP contribution is 2.32. The standard InChI is InChI=1S/C19H25N5O5S/c1-7-28-16(26)12-11-8-9-20-15(24(6)18(27)29-19(3,4)5)13(11)22-14(12)23-17(30)21-10(2)25/h8-9,22H,7H2,1-6H3,(H2,21,23,25,30). The smallest absolute Gasteiger partial charge is 0.415 e. The van der Waals surface area contributed by atoms with E-state index in [0.29, 0.717) is 10.9 Å². The maximum atomic E-state index is 12.6. The number of rotatable bonds is 4. The summed E-state index contributed by atoms with van der Waals surface area (Å²) >= 11 is 5.10. The second-order valence-electron chi connectivity index (χ2n) is 7.33. The summed E-state index contributed by atoms with van der Waals surface area (Å²) in [5.41, 5.74) is -0.134. The van der Waals surface area contributed by atoms with Gasteiger partial charge < -0.3 is 25.1 Å². The zero-order valence-corrected chi connectivity index (χ0v) is 18.5. The van der Waals surface area contributed by atoms with Gasteiger partial charge in [0.15, 0.2) is 10.9 Å². The van der Waals surface area contributed by atoms with Crippen molar-refractivity contribution in [3.63, 3.8) is 0 Å². The molecule has 0 bridgehead atoms. The molecule has 2 rings (SSSR count). The van der Waals surface area contributed by atoms with E-state index in [4.69, 9.17) is 21.7 Å². The summed E-state index contributed by atoms with van der Waals surface area (Å²) < 4.78 is 10.5. The third kappa shape index (κ3) is 5.44. The van der Waals surface area contributed by atoms with E-state index in [2.05, 4.69) is 20.6 Å². The Balaban J connectivity index is 2.56. The van der Waals surface area contributed by atoms with Gasteiger partial charge in [0.05, 0.1) is 12.1 Å². The maximum Gasteiger partial charge on any atom is 0.415 e. The molecule has 30 heavy (non-hydrogen) atoms. The maximum absolute atomic E-state index is 12.6. The van der Waals surface area contributed by atoms with Crippen molar-refractivity contribution in [3.05, 3.63) is 17.8 Å². The predicted octanol–water partition coefficient (Wildman–Crippen LogP) is 2.94. The predicted molar refractivity (Wildman–Crippen MR) is 117 cm³/mol. The molecule has 11 heteroatoms. The van der Waals surface area contributed by atoms with Crippen LogP contribution in [0.25, 0.3) is 10.9 Å². The number of H-pyrrole nitrogens is 1. The molecule has 0 radical (unpaired) electrons. The second-order valence-corrected chi connectivity index (χ2v) is 7.74. The molecule has 0 atom stereocenters. The Bertz CT molecular complexity index is 995. The Morgan fingerprint density at radius 2 is 1.97 bits per heavy atom. The number of aromatic amines is 1. The lowest BCUT2D eigenvalue weighted by Gasteiger charge is -2.24. The summed E-state index contributed by atoms with van der Waals surface area (Å²) in [5.74, 6) is -0.526. The number of amides is 2. The summed E-state index contributed by atoms with van der Waals surface area (Å²) in [7, 11) is 1.51. The molecule has 2 heterocycles. The number of esters is 1.